The van der Waals surface area contributed by atoms with E-state index < -0.39 is 11.6 Å². The first-order chi connectivity index (χ1) is 17.8. The topological polar surface area (TPSA) is 21.5 Å². The lowest BCUT2D eigenvalue weighted by Gasteiger charge is -2.23. The standard InChI is InChI=1S/C32H42F2NO2/c1-6-7-20-37-32-28-18-19-35(22-25-14-15-26(33)21-29(25)34)30(27(28)16-17-31(32)36-5)13-9-12-24(4)11-8-10-23(2)3/h10,12,14-17,21H,6-9,11,13,18-20,22H2,1-5H3/q+1. The van der Waals surface area contributed by atoms with Crippen LogP contribution >= 0.6 is 0 Å². The maximum Gasteiger partial charge on any atom is 0.184 e. The lowest BCUT2D eigenvalue weighted by Crippen LogP contribution is -2.30. The maximum absolute atomic E-state index is 14.6. The van der Waals surface area contributed by atoms with Gasteiger partial charge in [0.25, 0.3) is 0 Å². The van der Waals surface area contributed by atoms with E-state index in [0.717, 1.165) is 80.2 Å². The van der Waals surface area contributed by atoms with E-state index in [0.29, 0.717) is 18.7 Å². The molecular formula is C32H42F2NO2+. The summed E-state index contributed by atoms with van der Waals surface area (Å²) in [6.45, 7) is 10.4. The molecule has 0 unspecified atom stereocenters. The summed E-state index contributed by atoms with van der Waals surface area (Å²) >= 11 is 0. The van der Waals surface area contributed by atoms with Crippen molar-refractivity contribution in [2.24, 2.45) is 0 Å². The van der Waals surface area contributed by atoms with Crippen molar-refractivity contribution < 1.29 is 22.8 Å². The molecule has 1 heterocycles. The Morgan fingerprint density at radius 2 is 1.86 bits per heavy atom. The Labute approximate surface area is 221 Å². The van der Waals surface area contributed by atoms with Gasteiger partial charge in [0.2, 0.25) is 0 Å². The van der Waals surface area contributed by atoms with Crippen LogP contribution in [0.25, 0.3) is 0 Å². The highest BCUT2D eigenvalue weighted by atomic mass is 19.1. The van der Waals surface area contributed by atoms with Crippen molar-refractivity contribution in [1.29, 1.82) is 0 Å². The predicted molar refractivity (Wildman–Crippen MR) is 148 cm³/mol. The molecule has 0 bridgehead atoms. The Morgan fingerprint density at radius 3 is 2.57 bits per heavy atom. The van der Waals surface area contributed by atoms with Gasteiger partial charge in [0.15, 0.2) is 23.8 Å². The highest BCUT2D eigenvalue weighted by molar-refractivity contribution is 5.99. The largest absolute Gasteiger partial charge is 0.493 e. The summed E-state index contributed by atoms with van der Waals surface area (Å²) in [5, 5.41) is 0. The third kappa shape index (κ3) is 8.02. The van der Waals surface area contributed by atoms with Crippen LogP contribution in [0.3, 0.4) is 0 Å². The van der Waals surface area contributed by atoms with Gasteiger partial charge >= 0.3 is 0 Å². The quantitative estimate of drug-likeness (QED) is 0.154. The molecule has 1 aliphatic heterocycles. The Hall–Kier alpha value is -2.95. The van der Waals surface area contributed by atoms with Crippen LogP contribution in [0.4, 0.5) is 8.78 Å². The fraction of sp³-hybridized carbons (Fsp3) is 0.469. The molecule has 0 saturated carbocycles. The second-order valence-corrected chi connectivity index (χ2v) is 10.1. The second-order valence-electron chi connectivity index (χ2n) is 10.1. The third-order valence-corrected chi connectivity index (χ3v) is 6.85. The molecule has 5 heteroatoms. The number of hydrogen-bond acceptors (Lipinski definition) is 2. The van der Waals surface area contributed by atoms with E-state index >= 15 is 0 Å². The molecule has 0 radical (unpaired) electrons. The molecule has 200 valence electrons. The van der Waals surface area contributed by atoms with Crippen LogP contribution in [0.5, 0.6) is 11.5 Å². The molecule has 0 atom stereocenters. The fourth-order valence-electron chi connectivity index (χ4n) is 4.78. The minimum atomic E-state index is -0.552. The van der Waals surface area contributed by atoms with Crippen molar-refractivity contribution >= 4 is 5.71 Å². The zero-order valence-corrected chi connectivity index (χ0v) is 23.1. The van der Waals surface area contributed by atoms with Crippen LogP contribution in [-0.2, 0) is 13.0 Å². The molecule has 0 aromatic heterocycles. The second kappa shape index (κ2) is 14.1. The first-order valence-electron chi connectivity index (χ1n) is 13.5. The van der Waals surface area contributed by atoms with Gasteiger partial charge in [-0.2, -0.15) is 0 Å². The fourth-order valence-corrected chi connectivity index (χ4v) is 4.78. The number of hydrogen-bond donors (Lipinski definition) is 0. The van der Waals surface area contributed by atoms with Crippen LogP contribution in [0.2, 0.25) is 0 Å². The number of unbranched alkanes of at least 4 members (excludes halogenated alkanes) is 1. The summed E-state index contributed by atoms with van der Waals surface area (Å²) < 4.78 is 42.2. The molecule has 0 fully saturated rings. The molecule has 1 aliphatic rings. The minimum Gasteiger partial charge on any atom is -0.493 e. The number of nitrogens with zero attached hydrogens (tertiary/aromatic N) is 1. The van der Waals surface area contributed by atoms with E-state index in [1.807, 2.05) is 6.07 Å². The summed E-state index contributed by atoms with van der Waals surface area (Å²) in [6.07, 6.45) is 11.2. The Morgan fingerprint density at radius 1 is 1.05 bits per heavy atom. The van der Waals surface area contributed by atoms with Gasteiger partial charge in [-0.05, 0) is 70.7 Å². The lowest BCUT2D eigenvalue weighted by molar-refractivity contribution is -0.546. The van der Waals surface area contributed by atoms with Crippen molar-refractivity contribution in [3.05, 3.63) is 82.0 Å². The van der Waals surface area contributed by atoms with Crippen LogP contribution in [0.1, 0.15) is 82.9 Å². The molecular weight excluding hydrogens is 468 g/mol. The predicted octanol–water partition coefficient (Wildman–Crippen LogP) is 8.18. The summed E-state index contributed by atoms with van der Waals surface area (Å²) in [7, 11) is 1.67. The Kier molecular flexibility index (Phi) is 10.9. The minimum absolute atomic E-state index is 0.405. The first kappa shape index (κ1) is 28.6. The number of methoxy groups -OCH3 is 1. The number of rotatable bonds is 13. The van der Waals surface area contributed by atoms with Gasteiger partial charge in [0, 0.05) is 30.0 Å². The first-order valence-corrected chi connectivity index (χ1v) is 13.5. The van der Waals surface area contributed by atoms with Crippen LogP contribution in [-0.4, -0.2) is 30.5 Å². The van der Waals surface area contributed by atoms with Crippen molar-refractivity contribution in [2.45, 2.75) is 79.2 Å². The van der Waals surface area contributed by atoms with Crippen LogP contribution in [0.15, 0.2) is 53.6 Å². The van der Waals surface area contributed by atoms with Gasteiger partial charge in [-0.3, -0.25) is 0 Å². The van der Waals surface area contributed by atoms with E-state index in [9.17, 15) is 8.78 Å². The normalized spacial score (nSPS) is 13.4. The van der Waals surface area contributed by atoms with Crippen LogP contribution in [0, 0.1) is 11.6 Å². The molecule has 0 N–H and O–H groups in total. The van der Waals surface area contributed by atoms with E-state index in [-0.39, 0.29) is 0 Å². The monoisotopic (exact) mass is 510 g/mol. The number of benzene rings is 2. The molecule has 3 rings (SSSR count). The summed E-state index contributed by atoms with van der Waals surface area (Å²) in [5.41, 5.74) is 6.69. The van der Waals surface area contributed by atoms with Crippen LogP contribution < -0.4 is 9.47 Å². The van der Waals surface area contributed by atoms with Crippen molar-refractivity contribution in [1.82, 2.24) is 0 Å². The molecule has 37 heavy (non-hydrogen) atoms. The maximum atomic E-state index is 14.6. The average Bonchev–Trinajstić information content (AvgIpc) is 2.86. The van der Waals surface area contributed by atoms with E-state index in [2.05, 4.69) is 50.5 Å². The number of halogens is 2. The number of fused-ring (bicyclic) bond motifs is 1. The highest BCUT2D eigenvalue weighted by Gasteiger charge is 2.30. The Bertz CT molecular complexity index is 1160. The van der Waals surface area contributed by atoms with Crippen molar-refractivity contribution in [2.75, 3.05) is 20.3 Å². The third-order valence-electron chi connectivity index (χ3n) is 6.85. The molecule has 0 spiro atoms. The summed E-state index contributed by atoms with van der Waals surface area (Å²) in [4.78, 5) is 0. The summed E-state index contributed by atoms with van der Waals surface area (Å²) in [5.74, 6) is 0.525. The molecule has 0 amide bonds. The highest BCUT2D eigenvalue weighted by Crippen LogP contribution is 2.37. The van der Waals surface area contributed by atoms with Gasteiger partial charge in [0.05, 0.1) is 19.3 Å². The molecule has 0 aliphatic carbocycles. The molecule has 0 saturated heterocycles. The molecule has 2 aromatic rings. The van der Waals surface area contributed by atoms with E-state index in [4.69, 9.17) is 9.47 Å². The molecule has 2 aromatic carbocycles. The van der Waals surface area contributed by atoms with Gasteiger partial charge in [0.1, 0.15) is 18.2 Å². The van der Waals surface area contributed by atoms with Crippen molar-refractivity contribution in [3.63, 3.8) is 0 Å². The zero-order chi connectivity index (χ0) is 26.8. The number of ether oxygens (including phenoxy) is 2. The lowest BCUT2D eigenvalue weighted by atomic mass is 9.92. The Balaban J connectivity index is 1.95. The summed E-state index contributed by atoms with van der Waals surface area (Å²) in [6, 6.07) is 7.94. The van der Waals surface area contributed by atoms with E-state index in [1.165, 1.54) is 22.9 Å². The molecule has 3 nitrogen and oxygen atoms in total. The van der Waals surface area contributed by atoms with Gasteiger partial charge < -0.3 is 9.47 Å². The van der Waals surface area contributed by atoms with Crippen molar-refractivity contribution in [3.8, 4) is 11.5 Å². The van der Waals surface area contributed by atoms with E-state index in [1.54, 1.807) is 13.2 Å². The van der Waals surface area contributed by atoms with Gasteiger partial charge in [-0.25, -0.2) is 13.4 Å². The average molecular weight is 511 g/mol. The van der Waals surface area contributed by atoms with Gasteiger partial charge in [-0.15, -0.1) is 0 Å². The smallest absolute Gasteiger partial charge is 0.184 e. The zero-order valence-electron chi connectivity index (χ0n) is 23.1. The van der Waals surface area contributed by atoms with Gasteiger partial charge in [-0.1, -0.05) is 36.6 Å². The number of allylic oxidation sites excluding steroid dienone is 4. The SMILES string of the molecule is CCCCOc1c(OC)ccc2c1CC[N+](Cc1ccc(F)cc1F)=C2CCC=C(C)CCC=C(C)C.